The van der Waals surface area contributed by atoms with Crippen molar-refractivity contribution in [2.24, 2.45) is 7.05 Å². The highest BCUT2D eigenvalue weighted by molar-refractivity contribution is 5.91. The molecule has 0 saturated carbocycles. The summed E-state index contributed by atoms with van der Waals surface area (Å²) in [5.74, 6) is 1.58. The van der Waals surface area contributed by atoms with E-state index >= 15 is 0 Å². The summed E-state index contributed by atoms with van der Waals surface area (Å²) >= 11 is 0. The lowest BCUT2D eigenvalue weighted by atomic mass is 9.95. The molecule has 0 spiro atoms. The number of likely N-dealkylation sites (tertiary alicyclic amines) is 1. The minimum absolute atomic E-state index is 0.0114. The highest BCUT2D eigenvalue weighted by atomic mass is 16.2. The van der Waals surface area contributed by atoms with Crippen molar-refractivity contribution in [3.63, 3.8) is 0 Å². The third-order valence-corrected chi connectivity index (χ3v) is 5.00. The number of nitrogens with zero attached hydrogens (tertiary/aromatic N) is 6. The van der Waals surface area contributed by atoms with Gasteiger partial charge in [0, 0.05) is 44.5 Å². The number of anilines is 2. The topological polar surface area (TPSA) is 88.8 Å². The quantitative estimate of drug-likeness (QED) is 0.675. The Kier molecular flexibility index (Phi) is 5.60. The van der Waals surface area contributed by atoms with Gasteiger partial charge in [0.15, 0.2) is 0 Å². The fraction of sp³-hybridized carbons (Fsp3) is 0.286. The van der Waals surface area contributed by atoms with Crippen molar-refractivity contribution in [1.29, 1.82) is 0 Å². The highest BCUT2D eigenvalue weighted by Gasteiger charge is 2.24. The van der Waals surface area contributed by atoms with Crippen LogP contribution in [0.15, 0.2) is 55.1 Å². The van der Waals surface area contributed by atoms with Crippen molar-refractivity contribution >= 4 is 23.6 Å². The highest BCUT2D eigenvalue weighted by Crippen LogP contribution is 2.26. The summed E-state index contributed by atoms with van der Waals surface area (Å²) in [6.07, 6.45) is 12.3. The molecule has 0 aliphatic carbocycles. The lowest BCUT2D eigenvalue weighted by Gasteiger charge is -2.31. The van der Waals surface area contributed by atoms with Crippen molar-refractivity contribution < 1.29 is 4.79 Å². The Balaban J connectivity index is 1.38. The largest absolute Gasteiger partial charge is 0.338 e. The number of pyridine rings is 1. The van der Waals surface area contributed by atoms with Gasteiger partial charge in [0.05, 0.1) is 23.8 Å². The van der Waals surface area contributed by atoms with Crippen LogP contribution >= 0.6 is 0 Å². The molecule has 1 fully saturated rings. The maximum atomic E-state index is 12.6. The van der Waals surface area contributed by atoms with Crippen molar-refractivity contribution in [3.05, 3.63) is 66.5 Å². The summed E-state index contributed by atoms with van der Waals surface area (Å²) in [6.45, 7) is 1.41. The summed E-state index contributed by atoms with van der Waals surface area (Å²) in [4.78, 5) is 27.7. The van der Waals surface area contributed by atoms with Gasteiger partial charge in [-0.3, -0.25) is 14.5 Å². The Bertz CT molecular complexity index is 982. The van der Waals surface area contributed by atoms with E-state index in [2.05, 4.69) is 25.4 Å². The molecular formula is C21H23N7O. The van der Waals surface area contributed by atoms with Crippen molar-refractivity contribution in [3.8, 4) is 0 Å². The first kappa shape index (κ1) is 18.8. The maximum absolute atomic E-state index is 12.6. The first-order chi connectivity index (χ1) is 14.2. The molecule has 1 N–H and O–H groups in total. The molecule has 1 amide bonds. The lowest BCUT2D eigenvalue weighted by Crippen LogP contribution is -2.38. The van der Waals surface area contributed by atoms with E-state index in [1.165, 1.54) is 0 Å². The third-order valence-electron chi connectivity index (χ3n) is 5.00. The van der Waals surface area contributed by atoms with Crippen LogP contribution in [-0.2, 0) is 11.8 Å². The zero-order valence-corrected chi connectivity index (χ0v) is 16.3. The van der Waals surface area contributed by atoms with Crippen LogP contribution in [0.3, 0.4) is 0 Å². The molecule has 1 aliphatic heterocycles. The number of piperidine rings is 1. The molecular weight excluding hydrogens is 366 g/mol. The second-order valence-corrected chi connectivity index (χ2v) is 7.00. The average molecular weight is 389 g/mol. The van der Waals surface area contributed by atoms with Crippen molar-refractivity contribution in [2.45, 2.75) is 18.8 Å². The van der Waals surface area contributed by atoms with E-state index in [0.717, 1.165) is 36.6 Å². The summed E-state index contributed by atoms with van der Waals surface area (Å²) in [5.41, 5.74) is 1.80. The molecule has 4 heterocycles. The van der Waals surface area contributed by atoms with E-state index < -0.39 is 0 Å². The fourth-order valence-corrected chi connectivity index (χ4v) is 3.41. The smallest absolute Gasteiger partial charge is 0.246 e. The second-order valence-electron chi connectivity index (χ2n) is 7.00. The zero-order chi connectivity index (χ0) is 20.1. The van der Waals surface area contributed by atoms with Gasteiger partial charge in [-0.05, 0) is 37.1 Å². The van der Waals surface area contributed by atoms with Gasteiger partial charge in [-0.15, -0.1) is 0 Å². The number of amides is 1. The molecule has 8 nitrogen and oxygen atoms in total. The zero-order valence-electron chi connectivity index (χ0n) is 16.3. The molecule has 0 bridgehead atoms. The van der Waals surface area contributed by atoms with Crippen LogP contribution in [0, 0.1) is 0 Å². The molecule has 1 atom stereocenters. The minimum Gasteiger partial charge on any atom is -0.338 e. The second kappa shape index (κ2) is 8.64. The first-order valence-corrected chi connectivity index (χ1v) is 9.64. The monoisotopic (exact) mass is 389 g/mol. The van der Waals surface area contributed by atoms with Gasteiger partial charge in [0.1, 0.15) is 11.6 Å². The number of nitrogens with one attached hydrogen (secondary N) is 1. The Morgan fingerprint density at radius 1 is 1.14 bits per heavy atom. The van der Waals surface area contributed by atoms with Crippen LogP contribution < -0.4 is 5.32 Å². The Hall–Kier alpha value is -3.55. The first-order valence-electron chi connectivity index (χ1n) is 9.64. The number of carbonyl (C=O) groups is 1. The van der Waals surface area contributed by atoms with Crippen LogP contribution in [0.2, 0.25) is 0 Å². The molecule has 3 aromatic heterocycles. The molecule has 8 heteroatoms. The molecule has 3 aromatic rings. The molecule has 1 aliphatic rings. The normalized spacial score (nSPS) is 16.9. The van der Waals surface area contributed by atoms with Gasteiger partial charge in [0.2, 0.25) is 5.91 Å². The molecule has 1 unspecified atom stereocenters. The number of hydrogen-bond acceptors (Lipinski definition) is 6. The standard InChI is InChI=1S/C21H23N7O/c1-27-17(9-11-25-27)7-8-21(29)28-12-4-5-16(15-28)18-13-24-20(14-23-18)26-19-6-2-3-10-22-19/h2-3,6-11,13-14,16H,4-5,12,15H2,1H3,(H,22,24,26)/b8-7+. The Morgan fingerprint density at radius 3 is 2.79 bits per heavy atom. The van der Waals surface area contributed by atoms with E-state index in [1.54, 1.807) is 41.6 Å². The van der Waals surface area contributed by atoms with E-state index in [0.29, 0.717) is 12.4 Å². The van der Waals surface area contributed by atoms with E-state index in [9.17, 15) is 4.79 Å². The minimum atomic E-state index is 0.0114. The van der Waals surface area contributed by atoms with Crippen LogP contribution in [0.1, 0.15) is 30.1 Å². The third kappa shape index (κ3) is 4.66. The number of hydrogen-bond donors (Lipinski definition) is 1. The summed E-state index contributed by atoms with van der Waals surface area (Å²) in [7, 11) is 1.85. The van der Waals surface area contributed by atoms with E-state index in [1.807, 2.05) is 36.2 Å². The van der Waals surface area contributed by atoms with Crippen molar-refractivity contribution in [2.75, 3.05) is 18.4 Å². The van der Waals surface area contributed by atoms with Crippen molar-refractivity contribution in [1.82, 2.24) is 29.6 Å². The van der Waals surface area contributed by atoms with Gasteiger partial charge in [-0.25, -0.2) is 9.97 Å². The van der Waals surface area contributed by atoms with Gasteiger partial charge >= 0.3 is 0 Å². The summed E-state index contributed by atoms with van der Waals surface area (Å²) in [5, 5.41) is 7.24. The van der Waals surface area contributed by atoms with Crippen LogP contribution in [0.5, 0.6) is 0 Å². The number of carbonyl (C=O) groups excluding carboxylic acids is 1. The molecule has 4 rings (SSSR count). The van der Waals surface area contributed by atoms with Crippen LogP contribution in [-0.4, -0.2) is 48.6 Å². The van der Waals surface area contributed by atoms with Gasteiger partial charge < -0.3 is 10.2 Å². The number of aryl methyl sites for hydroxylation is 1. The predicted octanol–water partition coefficient (Wildman–Crippen LogP) is 2.77. The van der Waals surface area contributed by atoms with Crippen LogP contribution in [0.25, 0.3) is 6.08 Å². The molecule has 148 valence electrons. The summed E-state index contributed by atoms with van der Waals surface area (Å²) < 4.78 is 1.74. The van der Waals surface area contributed by atoms with E-state index in [4.69, 9.17) is 0 Å². The maximum Gasteiger partial charge on any atom is 0.246 e. The predicted molar refractivity (Wildman–Crippen MR) is 110 cm³/mol. The molecule has 0 radical (unpaired) electrons. The van der Waals surface area contributed by atoms with Gasteiger partial charge in [0.25, 0.3) is 0 Å². The van der Waals surface area contributed by atoms with Gasteiger partial charge in [-0.2, -0.15) is 5.10 Å². The number of rotatable bonds is 5. The molecule has 29 heavy (non-hydrogen) atoms. The Labute approximate surface area is 169 Å². The molecule has 1 saturated heterocycles. The Morgan fingerprint density at radius 2 is 2.07 bits per heavy atom. The summed E-state index contributed by atoms with van der Waals surface area (Å²) in [6, 6.07) is 7.52. The SMILES string of the molecule is Cn1nccc1/C=C/C(=O)N1CCCC(c2cnc(Nc3ccccn3)cn2)C1. The fourth-order valence-electron chi connectivity index (χ4n) is 3.41. The van der Waals surface area contributed by atoms with Crippen LogP contribution in [0.4, 0.5) is 11.6 Å². The number of aromatic nitrogens is 5. The van der Waals surface area contributed by atoms with Gasteiger partial charge in [-0.1, -0.05) is 6.07 Å². The average Bonchev–Trinajstić information content (AvgIpc) is 3.18. The lowest BCUT2D eigenvalue weighted by molar-refractivity contribution is -0.127. The molecule has 0 aromatic carbocycles. The van der Waals surface area contributed by atoms with E-state index in [-0.39, 0.29) is 11.8 Å².